The van der Waals surface area contributed by atoms with Gasteiger partial charge < -0.3 is 45.1 Å². The van der Waals surface area contributed by atoms with Crippen LogP contribution in [0.5, 0.6) is 0 Å². The monoisotopic (exact) mass is 1130 g/mol. The first-order chi connectivity index (χ1) is 39.2. The molecule has 472 valence electrons. The highest BCUT2D eigenvalue weighted by molar-refractivity contribution is 5.76. The van der Waals surface area contributed by atoms with Crippen molar-refractivity contribution in [3.63, 3.8) is 0 Å². The summed E-state index contributed by atoms with van der Waals surface area (Å²) in [7, 11) is 0. The molecule has 0 spiro atoms. The minimum atomic E-state index is -1.57. The van der Waals surface area contributed by atoms with Gasteiger partial charge in [0.2, 0.25) is 5.91 Å². The van der Waals surface area contributed by atoms with Gasteiger partial charge in [0.15, 0.2) is 6.29 Å². The lowest BCUT2D eigenvalue weighted by atomic mass is 9.99. The van der Waals surface area contributed by atoms with Crippen LogP contribution in [0, 0.1) is 0 Å². The lowest BCUT2D eigenvalue weighted by Crippen LogP contribution is -2.60. The summed E-state index contributed by atoms with van der Waals surface area (Å²) in [5.74, 6) is -0.173. The summed E-state index contributed by atoms with van der Waals surface area (Å²) in [5, 5.41) is 54.5. The number of allylic oxidation sites excluding steroid dienone is 3. The summed E-state index contributed by atoms with van der Waals surface area (Å²) in [6.45, 7) is 4.37. The van der Waals surface area contributed by atoms with E-state index in [0.717, 1.165) is 57.8 Å². The second kappa shape index (κ2) is 58.9. The van der Waals surface area contributed by atoms with Gasteiger partial charge in [0, 0.05) is 12.8 Å². The molecule has 7 atom stereocenters. The zero-order chi connectivity index (χ0) is 58.0. The number of carbonyl (C=O) groups excluding carboxylic acids is 2. The van der Waals surface area contributed by atoms with E-state index < -0.39 is 49.5 Å². The predicted octanol–water partition coefficient (Wildman–Crippen LogP) is 17.2. The molecule has 0 saturated carbocycles. The fourth-order valence-corrected chi connectivity index (χ4v) is 11.1. The van der Waals surface area contributed by atoms with Crippen LogP contribution in [0.25, 0.3) is 0 Å². The summed E-state index contributed by atoms with van der Waals surface area (Å²) >= 11 is 0. The summed E-state index contributed by atoms with van der Waals surface area (Å²) in [6, 6.07) is -0.809. The fraction of sp³-hybridized carbons (Fsp3) is 0.913. The molecule has 0 aromatic carbocycles. The highest BCUT2D eigenvalue weighted by Gasteiger charge is 2.44. The molecule has 1 amide bonds. The second-order valence-electron chi connectivity index (χ2n) is 24.2. The Morgan fingerprint density at radius 3 is 1.20 bits per heavy atom. The molecule has 1 aliphatic rings. The third-order valence-corrected chi connectivity index (χ3v) is 16.6. The standard InChI is InChI=1S/C69H131NO10/c1-3-5-7-9-11-13-15-32-36-39-43-47-51-55-62(72)61(60-79-69-68(77)67(76)66(75)63(59-71)80-69)70-64(73)56-52-48-44-40-37-33-30-28-26-24-22-20-18-16-17-19-21-23-25-27-29-31-34-38-42-46-50-54-58-78-65(74)57-53-49-45-41-35-14-12-10-8-6-4-2/h16-17,51,55,61-63,66-69,71-72,75-77H,3-15,18-50,52-54,56-60H2,1-2H3,(H,70,73)/b17-16-,55-51+. The molecule has 0 aromatic heterocycles. The van der Waals surface area contributed by atoms with Gasteiger partial charge in [0.25, 0.3) is 0 Å². The maximum Gasteiger partial charge on any atom is 0.305 e. The van der Waals surface area contributed by atoms with Crippen LogP contribution < -0.4 is 5.32 Å². The third-order valence-electron chi connectivity index (χ3n) is 16.6. The lowest BCUT2D eigenvalue weighted by molar-refractivity contribution is -0.302. The zero-order valence-corrected chi connectivity index (χ0v) is 52.3. The first kappa shape index (κ1) is 76.2. The van der Waals surface area contributed by atoms with Crippen molar-refractivity contribution in [1.82, 2.24) is 5.32 Å². The molecule has 0 aromatic rings. The van der Waals surface area contributed by atoms with Gasteiger partial charge in [-0.1, -0.05) is 295 Å². The highest BCUT2D eigenvalue weighted by Crippen LogP contribution is 2.23. The lowest BCUT2D eigenvalue weighted by Gasteiger charge is -2.40. The highest BCUT2D eigenvalue weighted by atomic mass is 16.7. The molecular weight excluding hydrogens is 1000 g/mol. The number of aliphatic hydroxyl groups excluding tert-OH is 5. The summed E-state index contributed by atoms with van der Waals surface area (Å²) in [5.41, 5.74) is 0. The van der Waals surface area contributed by atoms with Crippen molar-refractivity contribution in [1.29, 1.82) is 0 Å². The van der Waals surface area contributed by atoms with Crippen LogP contribution in [0.15, 0.2) is 24.3 Å². The van der Waals surface area contributed by atoms with Crippen molar-refractivity contribution in [2.24, 2.45) is 0 Å². The number of rotatable bonds is 61. The first-order valence-corrected chi connectivity index (χ1v) is 34.6. The Balaban J connectivity index is 1.99. The molecule has 0 aliphatic carbocycles. The molecule has 11 heteroatoms. The Bertz CT molecular complexity index is 1380. The van der Waals surface area contributed by atoms with Gasteiger partial charge in [-0.2, -0.15) is 0 Å². The van der Waals surface area contributed by atoms with Crippen molar-refractivity contribution >= 4 is 11.9 Å². The average Bonchev–Trinajstić information content (AvgIpc) is 3.46. The molecule has 7 unspecified atom stereocenters. The van der Waals surface area contributed by atoms with Gasteiger partial charge in [-0.3, -0.25) is 9.59 Å². The number of hydrogen-bond acceptors (Lipinski definition) is 10. The van der Waals surface area contributed by atoms with Crippen molar-refractivity contribution < 1.29 is 49.3 Å². The summed E-state index contributed by atoms with van der Waals surface area (Å²) in [6.07, 6.45) is 63.0. The molecule has 0 bridgehead atoms. The van der Waals surface area contributed by atoms with Gasteiger partial charge in [0.05, 0.1) is 32.0 Å². The van der Waals surface area contributed by atoms with Crippen LogP contribution >= 0.6 is 0 Å². The summed E-state index contributed by atoms with van der Waals surface area (Å²) in [4.78, 5) is 25.1. The molecule has 1 heterocycles. The topological polar surface area (TPSA) is 175 Å². The van der Waals surface area contributed by atoms with Crippen LogP contribution in [0.1, 0.15) is 341 Å². The van der Waals surface area contributed by atoms with Crippen molar-refractivity contribution in [2.75, 3.05) is 19.8 Å². The quantitative estimate of drug-likeness (QED) is 0.0195. The number of carbonyl (C=O) groups is 2. The van der Waals surface area contributed by atoms with Crippen LogP contribution in [-0.2, 0) is 23.8 Å². The Kier molecular flexibility index (Phi) is 56.1. The molecule has 1 fully saturated rings. The largest absolute Gasteiger partial charge is 0.466 e. The van der Waals surface area contributed by atoms with E-state index in [9.17, 15) is 35.1 Å². The fourth-order valence-electron chi connectivity index (χ4n) is 11.1. The molecule has 80 heavy (non-hydrogen) atoms. The molecule has 6 N–H and O–H groups in total. The number of esters is 1. The third kappa shape index (κ3) is 47.5. The van der Waals surface area contributed by atoms with Crippen LogP contribution in [0.3, 0.4) is 0 Å². The Morgan fingerprint density at radius 2 is 0.800 bits per heavy atom. The maximum atomic E-state index is 13.1. The van der Waals surface area contributed by atoms with Crippen molar-refractivity contribution in [3.8, 4) is 0 Å². The van der Waals surface area contributed by atoms with E-state index in [-0.39, 0.29) is 18.5 Å². The minimum Gasteiger partial charge on any atom is -0.466 e. The average molecular weight is 1130 g/mol. The van der Waals surface area contributed by atoms with E-state index >= 15 is 0 Å². The molecule has 1 rings (SSSR count). The minimum absolute atomic E-state index is 0.00687. The number of amides is 1. The van der Waals surface area contributed by atoms with Gasteiger partial charge in [0.1, 0.15) is 24.4 Å². The smallest absolute Gasteiger partial charge is 0.305 e. The van der Waals surface area contributed by atoms with Crippen LogP contribution in [-0.4, -0.2) is 100 Å². The van der Waals surface area contributed by atoms with Gasteiger partial charge >= 0.3 is 5.97 Å². The number of hydrogen-bond donors (Lipinski definition) is 6. The Morgan fingerprint density at radius 1 is 0.450 bits per heavy atom. The number of nitrogens with one attached hydrogen (secondary N) is 1. The maximum absolute atomic E-state index is 13.1. The number of ether oxygens (including phenoxy) is 3. The van der Waals surface area contributed by atoms with Crippen LogP contribution in [0.2, 0.25) is 0 Å². The SMILES string of the molecule is CCCCCCCCCCCCC/C=C/C(O)C(COC1OC(CO)C(O)C(O)C1O)NC(=O)CCCCCCCCCCCCCC/C=C\CCCCCCCCCCCCCCOC(=O)CCCCCCCCCCCCC. The van der Waals surface area contributed by atoms with E-state index in [1.165, 1.54) is 257 Å². The summed E-state index contributed by atoms with van der Waals surface area (Å²) < 4.78 is 16.7. The van der Waals surface area contributed by atoms with Gasteiger partial charge in [-0.25, -0.2) is 0 Å². The Hall–Kier alpha value is -1.86. The first-order valence-electron chi connectivity index (χ1n) is 34.6. The van der Waals surface area contributed by atoms with E-state index in [1.54, 1.807) is 6.08 Å². The molecule has 1 saturated heterocycles. The van der Waals surface area contributed by atoms with Crippen molar-refractivity contribution in [3.05, 3.63) is 24.3 Å². The number of aliphatic hydroxyl groups is 5. The molecular formula is C69H131NO10. The number of unbranched alkanes of at least 4 members (excludes halogenated alkanes) is 45. The van der Waals surface area contributed by atoms with E-state index in [1.807, 2.05) is 6.08 Å². The van der Waals surface area contributed by atoms with Gasteiger partial charge in [-0.05, 0) is 57.8 Å². The second-order valence-corrected chi connectivity index (χ2v) is 24.2. The Labute approximate surface area is 492 Å². The van der Waals surface area contributed by atoms with Crippen molar-refractivity contribution in [2.45, 2.75) is 384 Å². The van der Waals surface area contributed by atoms with Gasteiger partial charge in [-0.15, -0.1) is 0 Å². The van der Waals surface area contributed by atoms with E-state index in [0.29, 0.717) is 19.4 Å². The molecule has 1 aliphatic heterocycles. The molecule has 11 nitrogen and oxygen atoms in total. The van der Waals surface area contributed by atoms with Crippen LogP contribution in [0.4, 0.5) is 0 Å². The van der Waals surface area contributed by atoms with E-state index in [2.05, 4.69) is 31.3 Å². The molecule has 0 radical (unpaired) electrons. The zero-order valence-electron chi connectivity index (χ0n) is 52.3. The van der Waals surface area contributed by atoms with E-state index in [4.69, 9.17) is 14.2 Å². The normalized spacial score (nSPS) is 18.4. The predicted molar refractivity (Wildman–Crippen MR) is 334 cm³/mol.